The summed E-state index contributed by atoms with van der Waals surface area (Å²) in [5.74, 6) is -0.337. The van der Waals surface area contributed by atoms with Crippen LogP contribution in [-0.2, 0) is 0 Å². The number of benzene rings is 3. The highest BCUT2D eigenvalue weighted by Gasteiger charge is 2.11. The number of nitriles is 1. The zero-order valence-electron chi connectivity index (χ0n) is 13.7. The molecule has 3 aromatic carbocycles. The molecule has 1 N–H and O–H groups in total. The van der Waals surface area contributed by atoms with E-state index in [1.54, 1.807) is 42.5 Å². The van der Waals surface area contributed by atoms with Crippen molar-refractivity contribution in [2.75, 3.05) is 5.32 Å². The van der Waals surface area contributed by atoms with Crippen LogP contribution in [0.3, 0.4) is 0 Å². The summed E-state index contributed by atoms with van der Waals surface area (Å²) in [6.07, 6.45) is 0. The Labute approximate surface area is 175 Å². The van der Waals surface area contributed by atoms with Gasteiger partial charge in [0.2, 0.25) is 0 Å². The normalized spacial score (nSPS) is 10.3. The smallest absolute Gasteiger partial charge is 0.255 e. The van der Waals surface area contributed by atoms with Crippen LogP contribution in [0.2, 0.25) is 15.1 Å². The number of carbonyl (C=O) groups is 1. The van der Waals surface area contributed by atoms with Crippen LogP contribution in [0.25, 0.3) is 0 Å². The Hall–Kier alpha value is -2.16. The molecule has 0 aromatic heterocycles. The Kier molecular flexibility index (Phi) is 6.30. The molecule has 0 spiro atoms. The molecule has 1 amide bonds. The molecule has 0 saturated heterocycles. The van der Waals surface area contributed by atoms with E-state index in [9.17, 15) is 10.1 Å². The van der Waals surface area contributed by atoms with Gasteiger partial charge in [-0.1, -0.05) is 46.6 Å². The SMILES string of the molecule is N#Cc1cc(NC(=O)c2ccc(Cl)c(Cl)c2)ccc1Sc1ccc(Cl)cc1. The zero-order chi connectivity index (χ0) is 19.4. The number of rotatable bonds is 4. The zero-order valence-corrected chi connectivity index (χ0v) is 16.8. The summed E-state index contributed by atoms with van der Waals surface area (Å²) in [5, 5.41) is 13.5. The van der Waals surface area contributed by atoms with Crippen LogP contribution in [0.4, 0.5) is 5.69 Å². The summed E-state index contributed by atoms with van der Waals surface area (Å²) >= 11 is 19.2. The van der Waals surface area contributed by atoms with E-state index in [0.717, 1.165) is 9.79 Å². The minimum Gasteiger partial charge on any atom is -0.322 e. The molecule has 27 heavy (non-hydrogen) atoms. The fraction of sp³-hybridized carbons (Fsp3) is 0. The lowest BCUT2D eigenvalue weighted by atomic mass is 10.2. The van der Waals surface area contributed by atoms with Gasteiger partial charge < -0.3 is 5.32 Å². The van der Waals surface area contributed by atoms with Gasteiger partial charge >= 0.3 is 0 Å². The number of hydrogen-bond donors (Lipinski definition) is 1. The van der Waals surface area contributed by atoms with Gasteiger partial charge in [-0.2, -0.15) is 5.26 Å². The van der Waals surface area contributed by atoms with Crippen molar-refractivity contribution < 1.29 is 4.79 Å². The maximum Gasteiger partial charge on any atom is 0.255 e. The largest absolute Gasteiger partial charge is 0.322 e. The third-order valence-corrected chi connectivity index (χ3v) is 5.66. The van der Waals surface area contributed by atoms with Gasteiger partial charge in [-0.15, -0.1) is 0 Å². The molecule has 3 nitrogen and oxygen atoms in total. The summed E-state index contributed by atoms with van der Waals surface area (Å²) in [5.41, 5.74) is 1.35. The lowest BCUT2D eigenvalue weighted by Crippen LogP contribution is -2.12. The fourth-order valence-electron chi connectivity index (χ4n) is 2.25. The Morgan fingerprint density at radius 3 is 2.33 bits per heavy atom. The number of halogens is 3. The summed E-state index contributed by atoms with van der Waals surface area (Å²) in [6, 6.07) is 19.3. The van der Waals surface area contributed by atoms with E-state index < -0.39 is 0 Å². The molecule has 0 saturated carbocycles. The van der Waals surface area contributed by atoms with Crippen molar-refractivity contribution in [3.63, 3.8) is 0 Å². The lowest BCUT2D eigenvalue weighted by Gasteiger charge is -2.09. The first-order chi connectivity index (χ1) is 13.0. The third-order valence-electron chi connectivity index (χ3n) is 3.58. The monoisotopic (exact) mass is 432 g/mol. The Morgan fingerprint density at radius 2 is 1.67 bits per heavy atom. The maximum atomic E-state index is 12.4. The van der Waals surface area contributed by atoms with Crippen LogP contribution in [0, 0.1) is 11.3 Å². The second kappa shape index (κ2) is 8.69. The number of nitrogens with one attached hydrogen (secondary N) is 1. The van der Waals surface area contributed by atoms with Crippen LogP contribution < -0.4 is 5.32 Å². The lowest BCUT2D eigenvalue weighted by molar-refractivity contribution is 0.102. The van der Waals surface area contributed by atoms with Gasteiger partial charge in [-0.3, -0.25) is 4.79 Å². The molecule has 0 fully saturated rings. The molecule has 3 aromatic rings. The Bertz CT molecular complexity index is 1050. The highest BCUT2D eigenvalue weighted by molar-refractivity contribution is 7.99. The minimum absolute atomic E-state index is 0.303. The molecule has 0 heterocycles. The summed E-state index contributed by atoms with van der Waals surface area (Å²) in [7, 11) is 0. The average Bonchev–Trinajstić information content (AvgIpc) is 2.66. The molecule has 0 atom stereocenters. The van der Waals surface area contributed by atoms with Gasteiger partial charge in [0.1, 0.15) is 6.07 Å². The molecule has 3 rings (SSSR count). The predicted molar refractivity (Wildman–Crippen MR) is 111 cm³/mol. The van der Waals surface area contributed by atoms with Gasteiger partial charge in [0.15, 0.2) is 0 Å². The first-order valence-electron chi connectivity index (χ1n) is 7.70. The van der Waals surface area contributed by atoms with Gasteiger partial charge in [0.25, 0.3) is 5.91 Å². The topological polar surface area (TPSA) is 52.9 Å². The van der Waals surface area contributed by atoms with Crippen molar-refractivity contribution in [1.82, 2.24) is 0 Å². The predicted octanol–water partition coefficient (Wildman–Crippen LogP) is 6.92. The van der Waals surface area contributed by atoms with E-state index in [1.165, 1.54) is 17.8 Å². The van der Waals surface area contributed by atoms with Crippen LogP contribution in [0.15, 0.2) is 70.5 Å². The molecule has 0 aliphatic heterocycles. The highest BCUT2D eigenvalue weighted by Crippen LogP contribution is 2.32. The van der Waals surface area contributed by atoms with Crippen LogP contribution in [0.5, 0.6) is 0 Å². The van der Waals surface area contributed by atoms with Gasteiger partial charge in [0.05, 0.1) is 15.6 Å². The van der Waals surface area contributed by atoms with Crippen molar-refractivity contribution in [2.45, 2.75) is 9.79 Å². The molecule has 134 valence electrons. The van der Waals surface area contributed by atoms with E-state index in [4.69, 9.17) is 34.8 Å². The Balaban J connectivity index is 1.79. The fourth-order valence-corrected chi connectivity index (χ4v) is 3.56. The molecule has 0 bridgehead atoms. The number of carbonyl (C=O) groups excluding carboxylic acids is 1. The molecule has 7 heteroatoms. The van der Waals surface area contributed by atoms with Crippen molar-refractivity contribution in [3.8, 4) is 6.07 Å². The van der Waals surface area contributed by atoms with E-state index in [-0.39, 0.29) is 5.91 Å². The summed E-state index contributed by atoms with van der Waals surface area (Å²) in [6.45, 7) is 0. The highest BCUT2D eigenvalue weighted by atomic mass is 35.5. The molecular formula is C20H11Cl3N2OS. The number of nitrogens with zero attached hydrogens (tertiary/aromatic N) is 1. The average molecular weight is 434 g/mol. The first kappa shape index (κ1) is 19.6. The molecule has 0 aliphatic rings. The van der Waals surface area contributed by atoms with Gasteiger partial charge in [-0.05, 0) is 60.7 Å². The third kappa shape index (κ3) is 4.97. The van der Waals surface area contributed by atoms with E-state index in [0.29, 0.717) is 31.9 Å². The van der Waals surface area contributed by atoms with Crippen molar-refractivity contribution in [2.24, 2.45) is 0 Å². The van der Waals surface area contributed by atoms with E-state index in [2.05, 4.69) is 11.4 Å². The summed E-state index contributed by atoms with van der Waals surface area (Å²) in [4.78, 5) is 14.1. The van der Waals surface area contributed by atoms with Crippen LogP contribution >= 0.6 is 46.6 Å². The number of amides is 1. The minimum atomic E-state index is -0.337. The van der Waals surface area contributed by atoms with Crippen LogP contribution in [0.1, 0.15) is 15.9 Å². The molecule has 0 unspecified atom stereocenters. The second-order valence-electron chi connectivity index (χ2n) is 5.46. The quantitative estimate of drug-likeness (QED) is 0.485. The second-order valence-corrected chi connectivity index (χ2v) is 7.83. The van der Waals surface area contributed by atoms with E-state index >= 15 is 0 Å². The Morgan fingerprint density at radius 1 is 0.926 bits per heavy atom. The molecule has 0 radical (unpaired) electrons. The van der Waals surface area contributed by atoms with Crippen molar-refractivity contribution in [1.29, 1.82) is 5.26 Å². The standard InChI is InChI=1S/C20H11Cl3N2OS/c21-14-2-5-16(6-3-14)27-19-8-4-15(9-13(19)11-24)25-20(26)12-1-7-17(22)18(23)10-12/h1-10H,(H,25,26). The van der Waals surface area contributed by atoms with Gasteiger partial charge in [0, 0.05) is 26.1 Å². The molecular weight excluding hydrogens is 423 g/mol. The summed E-state index contributed by atoms with van der Waals surface area (Å²) < 4.78 is 0. The number of hydrogen-bond acceptors (Lipinski definition) is 3. The van der Waals surface area contributed by atoms with Crippen LogP contribution in [-0.4, -0.2) is 5.91 Å². The first-order valence-corrected chi connectivity index (χ1v) is 9.65. The molecule has 0 aliphatic carbocycles. The number of anilines is 1. The maximum absolute atomic E-state index is 12.4. The van der Waals surface area contributed by atoms with Gasteiger partial charge in [-0.25, -0.2) is 0 Å². The van der Waals surface area contributed by atoms with Crippen molar-refractivity contribution in [3.05, 3.63) is 86.9 Å². The van der Waals surface area contributed by atoms with E-state index in [1.807, 2.05) is 12.1 Å². The van der Waals surface area contributed by atoms with Crippen molar-refractivity contribution >= 4 is 58.2 Å².